The molecule has 3 heteroatoms. The molecule has 0 bridgehead atoms. The highest BCUT2D eigenvalue weighted by molar-refractivity contribution is 6.29. The van der Waals surface area contributed by atoms with E-state index in [1.54, 1.807) is 0 Å². The van der Waals surface area contributed by atoms with E-state index in [1.165, 1.54) is 24.0 Å². The minimum Gasteiger partial charge on any atom is -0.366 e. The van der Waals surface area contributed by atoms with Crippen LogP contribution in [0, 0.1) is 5.92 Å². The van der Waals surface area contributed by atoms with E-state index in [1.807, 2.05) is 12.3 Å². The van der Waals surface area contributed by atoms with Gasteiger partial charge >= 0.3 is 0 Å². The van der Waals surface area contributed by atoms with Crippen molar-refractivity contribution in [3.8, 4) is 0 Å². The van der Waals surface area contributed by atoms with E-state index in [0.29, 0.717) is 17.7 Å². The Hall–Kier alpha value is -0.600. The third kappa shape index (κ3) is 1.11. The fourth-order valence-electron chi connectivity index (χ4n) is 2.31. The van der Waals surface area contributed by atoms with Crippen molar-refractivity contribution in [1.29, 1.82) is 0 Å². The Morgan fingerprint density at radius 1 is 1.57 bits per heavy atom. The summed E-state index contributed by atoms with van der Waals surface area (Å²) in [6.45, 7) is 2.86. The standard InChI is InChI=1S/C11H12ClNO/c1-11(8-2-3-8)9-4-10(12)13-5-7(9)6-14-11/h4-5,8H,2-3,6H2,1H3/t11-/m1/s1. The highest BCUT2D eigenvalue weighted by Crippen LogP contribution is 2.52. The Morgan fingerprint density at radius 2 is 2.36 bits per heavy atom. The van der Waals surface area contributed by atoms with Crippen LogP contribution in [0.5, 0.6) is 0 Å². The van der Waals surface area contributed by atoms with Gasteiger partial charge in [0.05, 0.1) is 12.2 Å². The lowest BCUT2D eigenvalue weighted by molar-refractivity contribution is -0.0406. The van der Waals surface area contributed by atoms with E-state index >= 15 is 0 Å². The van der Waals surface area contributed by atoms with E-state index in [0.717, 1.165) is 0 Å². The zero-order valence-corrected chi connectivity index (χ0v) is 8.84. The van der Waals surface area contributed by atoms with Crippen LogP contribution >= 0.6 is 11.6 Å². The summed E-state index contributed by atoms with van der Waals surface area (Å²) >= 11 is 5.91. The van der Waals surface area contributed by atoms with Gasteiger partial charge in [0.15, 0.2) is 0 Å². The molecule has 0 spiro atoms. The molecule has 2 heterocycles. The maximum atomic E-state index is 5.91. The number of hydrogen-bond acceptors (Lipinski definition) is 2. The monoisotopic (exact) mass is 209 g/mol. The number of ether oxygens (including phenoxy) is 1. The van der Waals surface area contributed by atoms with Crippen molar-refractivity contribution in [3.63, 3.8) is 0 Å². The first kappa shape index (κ1) is 8.69. The van der Waals surface area contributed by atoms with Gasteiger partial charge in [0.25, 0.3) is 0 Å². The van der Waals surface area contributed by atoms with Crippen molar-refractivity contribution >= 4 is 11.6 Å². The molecule has 2 aliphatic rings. The Morgan fingerprint density at radius 3 is 3.07 bits per heavy atom. The minimum absolute atomic E-state index is 0.0953. The number of halogens is 1. The molecule has 1 aliphatic carbocycles. The summed E-state index contributed by atoms with van der Waals surface area (Å²) in [5.41, 5.74) is 2.35. The molecule has 74 valence electrons. The van der Waals surface area contributed by atoms with Crippen molar-refractivity contribution in [2.24, 2.45) is 5.92 Å². The van der Waals surface area contributed by atoms with Crippen molar-refractivity contribution < 1.29 is 4.74 Å². The second-order valence-electron chi connectivity index (χ2n) is 4.33. The van der Waals surface area contributed by atoms with Crippen LogP contribution in [0.1, 0.15) is 30.9 Å². The summed E-state index contributed by atoms with van der Waals surface area (Å²) in [6, 6.07) is 1.96. The van der Waals surface area contributed by atoms with Gasteiger partial charge in [-0.05, 0) is 37.3 Å². The molecule has 3 rings (SSSR count). The van der Waals surface area contributed by atoms with E-state index in [2.05, 4.69) is 11.9 Å². The molecule has 14 heavy (non-hydrogen) atoms. The number of rotatable bonds is 1. The third-order valence-corrected chi connectivity index (χ3v) is 3.58. The molecule has 1 aromatic heterocycles. The van der Waals surface area contributed by atoms with Crippen molar-refractivity contribution in [3.05, 3.63) is 28.5 Å². The number of fused-ring (bicyclic) bond motifs is 1. The fraction of sp³-hybridized carbons (Fsp3) is 0.545. The molecular weight excluding hydrogens is 198 g/mol. The summed E-state index contributed by atoms with van der Waals surface area (Å²) in [4.78, 5) is 4.08. The van der Waals surface area contributed by atoms with Crippen LogP contribution in [0.4, 0.5) is 0 Å². The maximum Gasteiger partial charge on any atom is 0.129 e. The largest absolute Gasteiger partial charge is 0.366 e. The Labute approximate surface area is 88.2 Å². The quantitative estimate of drug-likeness (QED) is 0.664. The normalized spacial score (nSPS) is 30.4. The number of aromatic nitrogens is 1. The summed E-state index contributed by atoms with van der Waals surface area (Å²) in [6.07, 6.45) is 4.39. The summed E-state index contributed by atoms with van der Waals surface area (Å²) in [5, 5.41) is 0.570. The molecular formula is C11H12ClNO. The lowest BCUT2D eigenvalue weighted by atomic mass is 9.91. The van der Waals surface area contributed by atoms with Crippen LogP contribution in [0.3, 0.4) is 0 Å². The van der Waals surface area contributed by atoms with Gasteiger partial charge < -0.3 is 4.74 Å². The molecule has 0 amide bonds. The summed E-state index contributed by atoms with van der Waals surface area (Å²) in [7, 11) is 0. The highest BCUT2D eigenvalue weighted by Gasteiger charge is 2.48. The van der Waals surface area contributed by atoms with Crippen LogP contribution < -0.4 is 0 Å². The van der Waals surface area contributed by atoms with Gasteiger partial charge in [0.2, 0.25) is 0 Å². The van der Waals surface area contributed by atoms with Gasteiger partial charge in [-0.1, -0.05) is 11.6 Å². The minimum atomic E-state index is -0.0953. The molecule has 1 fully saturated rings. The van der Waals surface area contributed by atoms with Crippen LogP contribution in [0.2, 0.25) is 5.15 Å². The second kappa shape index (κ2) is 2.71. The smallest absolute Gasteiger partial charge is 0.129 e. The van der Waals surface area contributed by atoms with E-state index in [-0.39, 0.29) is 5.60 Å². The van der Waals surface area contributed by atoms with E-state index in [9.17, 15) is 0 Å². The summed E-state index contributed by atoms with van der Waals surface area (Å²) < 4.78 is 5.89. The molecule has 1 atom stereocenters. The first-order valence-corrected chi connectivity index (χ1v) is 5.37. The molecule has 0 saturated heterocycles. The topological polar surface area (TPSA) is 22.1 Å². The lowest BCUT2D eigenvalue weighted by Crippen LogP contribution is -2.23. The zero-order chi connectivity index (χ0) is 9.76. The van der Waals surface area contributed by atoms with E-state index < -0.39 is 0 Å². The second-order valence-corrected chi connectivity index (χ2v) is 4.72. The fourth-order valence-corrected chi connectivity index (χ4v) is 2.47. The molecule has 0 N–H and O–H groups in total. The van der Waals surface area contributed by atoms with Gasteiger partial charge in [-0.25, -0.2) is 4.98 Å². The predicted octanol–water partition coefficient (Wildman–Crippen LogP) is 2.89. The van der Waals surface area contributed by atoms with Gasteiger partial charge in [-0.3, -0.25) is 0 Å². The van der Waals surface area contributed by atoms with Crippen LogP contribution in [0.25, 0.3) is 0 Å². The van der Waals surface area contributed by atoms with Gasteiger partial charge in [-0.2, -0.15) is 0 Å². The van der Waals surface area contributed by atoms with Crippen LogP contribution in [-0.2, 0) is 16.9 Å². The van der Waals surface area contributed by atoms with Gasteiger partial charge in [-0.15, -0.1) is 0 Å². The van der Waals surface area contributed by atoms with Crippen LogP contribution in [-0.4, -0.2) is 4.98 Å². The molecule has 1 aliphatic heterocycles. The van der Waals surface area contributed by atoms with Crippen molar-refractivity contribution in [2.45, 2.75) is 32.0 Å². The average Bonchev–Trinajstić information content (AvgIpc) is 2.95. The van der Waals surface area contributed by atoms with E-state index in [4.69, 9.17) is 16.3 Å². The first-order chi connectivity index (χ1) is 6.70. The highest BCUT2D eigenvalue weighted by atomic mass is 35.5. The SMILES string of the molecule is C[C@]1(C2CC2)OCc2cnc(Cl)cc21. The van der Waals surface area contributed by atoms with Crippen molar-refractivity contribution in [2.75, 3.05) is 0 Å². The van der Waals surface area contributed by atoms with Gasteiger partial charge in [0, 0.05) is 11.8 Å². The Balaban J connectivity index is 2.11. The molecule has 0 aromatic carbocycles. The molecule has 0 unspecified atom stereocenters. The van der Waals surface area contributed by atoms with Crippen molar-refractivity contribution in [1.82, 2.24) is 4.98 Å². The number of nitrogens with zero attached hydrogens (tertiary/aromatic N) is 1. The van der Waals surface area contributed by atoms with Gasteiger partial charge in [0.1, 0.15) is 5.15 Å². The zero-order valence-electron chi connectivity index (χ0n) is 8.09. The first-order valence-electron chi connectivity index (χ1n) is 4.99. The molecule has 1 saturated carbocycles. The third-order valence-electron chi connectivity index (χ3n) is 3.37. The average molecular weight is 210 g/mol. The molecule has 2 nitrogen and oxygen atoms in total. The predicted molar refractivity (Wildman–Crippen MR) is 54.1 cm³/mol. The lowest BCUT2D eigenvalue weighted by Gasteiger charge is -2.24. The van der Waals surface area contributed by atoms with Crippen LogP contribution in [0.15, 0.2) is 12.3 Å². The Bertz CT molecular complexity index is 389. The number of hydrogen-bond donors (Lipinski definition) is 0. The summed E-state index contributed by atoms with van der Waals surface area (Å²) in [5.74, 6) is 0.683. The maximum absolute atomic E-state index is 5.91. The molecule has 0 radical (unpaired) electrons. The Kier molecular flexibility index (Phi) is 1.68. The number of pyridine rings is 1. The molecule has 1 aromatic rings.